The van der Waals surface area contributed by atoms with E-state index in [0.717, 1.165) is 42.4 Å². The third-order valence-corrected chi connectivity index (χ3v) is 9.14. The Morgan fingerprint density at radius 2 is 1.85 bits per heavy atom. The highest BCUT2D eigenvalue weighted by Crippen LogP contribution is 2.55. The SMILES string of the molecule is COc1cccc(CN2C(=O)[C@H]3[C@@H](C(=O)Nc4ccc(C)c(C)c4)[C@H]4C=C[C@@]3(O4)[C@@H]2C(=O)NC2CCCCC2)c1. The Bertz CT molecular complexity index is 1370. The largest absolute Gasteiger partial charge is 0.497 e. The molecule has 2 aromatic carbocycles. The van der Waals surface area contributed by atoms with Crippen LogP contribution in [0.15, 0.2) is 54.6 Å². The first-order valence-corrected chi connectivity index (χ1v) is 14.3. The molecule has 0 aromatic heterocycles. The van der Waals surface area contributed by atoms with E-state index in [9.17, 15) is 14.4 Å². The number of methoxy groups -OCH3 is 1. The predicted octanol–water partition coefficient (Wildman–Crippen LogP) is 4.05. The number of anilines is 1. The summed E-state index contributed by atoms with van der Waals surface area (Å²) in [5.41, 5.74) is 2.53. The van der Waals surface area contributed by atoms with Crippen molar-refractivity contribution in [2.45, 2.75) is 76.3 Å². The summed E-state index contributed by atoms with van der Waals surface area (Å²) in [6.45, 7) is 4.23. The number of ether oxygens (including phenoxy) is 2. The van der Waals surface area contributed by atoms with E-state index in [1.165, 1.54) is 6.42 Å². The molecular formula is C32H37N3O5. The van der Waals surface area contributed by atoms with Crippen molar-refractivity contribution in [2.75, 3.05) is 12.4 Å². The Morgan fingerprint density at radius 1 is 1.05 bits per heavy atom. The van der Waals surface area contributed by atoms with Crippen LogP contribution in [0.2, 0.25) is 0 Å². The van der Waals surface area contributed by atoms with Crippen molar-refractivity contribution in [3.63, 3.8) is 0 Å². The molecule has 1 aliphatic carbocycles. The lowest BCUT2D eigenvalue weighted by Gasteiger charge is -2.34. The summed E-state index contributed by atoms with van der Waals surface area (Å²) < 4.78 is 11.9. The first-order valence-electron chi connectivity index (χ1n) is 14.3. The zero-order valence-electron chi connectivity index (χ0n) is 23.3. The summed E-state index contributed by atoms with van der Waals surface area (Å²) in [5, 5.41) is 6.25. The molecule has 3 amide bonds. The number of carbonyl (C=O) groups is 3. The van der Waals surface area contributed by atoms with Crippen molar-refractivity contribution in [1.82, 2.24) is 10.2 Å². The summed E-state index contributed by atoms with van der Waals surface area (Å²) in [6.07, 6.45) is 8.33. The number of nitrogens with one attached hydrogen (secondary N) is 2. The molecule has 210 valence electrons. The molecular weight excluding hydrogens is 506 g/mol. The number of hydrogen-bond acceptors (Lipinski definition) is 5. The molecule has 2 aromatic rings. The van der Waals surface area contributed by atoms with Crippen LogP contribution in [0.5, 0.6) is 5.75 Å². The van der Waals surface area contributed by atoms with Crippen molar-refractivity contribution in [3.8, 4) is 5.75 Å². The zero-order chi connectivity index (χ0) is 28.0. The van der Waals surface area contributed by atoms with Gasteiger partial charge in [-0.15, -0.1) is 0 Å². The summed E-state index contributed by atoms with van der Waals surface area (Å²) in [5.74, 6) is -1.58. The minimum Gasteiger partial charge on any atom is -0.497 e. The first kappa shape index (κ1) is 26.6. The van der Waals surface area contributed by atoms with Gasteiger partial charge in [-0.05, 0) is 67.6 Å². The maximum atomic E-state index is 14.2. The second-order valence-electron chi connectivity index (χ2n) is 11.7. The van der Waals surface area contributed by atoms with Crippen LogP contribution in [0.25, 0.3) is 0 Å². The van der Waals surface area contributed by atoms with Gasteiger partial charge in [-0.2, -0.15) is 0 Å². The van der Waals surface area contributed by atoms with E-state index in [2.05, 4.69) is 10.6 Å². The van der Waals surface area contributed by atoms with Crippen LogP contribution in [0, 0.1) is 25.7 Å². The van der Waals surface area contributed by atoms with Gasteiger partial charge in [0, 0.05) is 18.3 Å². The van der Waals surface area contributed by atoms with Gasteiger partial charge in [-0.1, -0.05) is 49.6 Å². The molecule has 2 N–H and O–H groups in total. The molecule has 0 unspecified atom stereocenters. The molecule has 2 bridgehead atoms. The number of hydrogen-bond donors (Lipinski definition) is 2. The number of nitrogens with zero attached hydrogens (tertiary/aromatic N) is 1. The Kier molecular flexibility index (Phi) is 6.90. The van der Waals surface area contributed by atoms with Gasteiger partial charge in [-0.25, -0.2) is 0 Å². The van der Waals surface area contributed by atoms with Gasteiger partial charge >= 0.3 is 0 Å². The molecule has 6 rings (SSSR count). The van der Waals surface area contributed by atoms with Gasteiger partial charge in [0.05, 0.1) is 25.0 Å². The molecule has 1 spiro atoms. The normalized spacial score (nSPS) is 29.0. The number of aryl methyl sites for hydroxylation is 2. The van der Waals surface area contributed by atoms with E-state index in [1.807, 2.05) is 68.5 Å². The van der Waals surface area contributed by atoms with Crippen LogP contribution in [0.4, 0.5) is 5.69 Å². The van der Waals surface area contributed by atoms with Crippen LogP contribution < -0.4 is 15.4 Å². The number of carbonyl (C=O) groups excluding carboxylic acids is 3. The Morgan fingerprint density at radius 3 is 2.60 bits per heavy atom. The van der Waals surface area contributed by atoms with Crippen LogP contribution in [0.1, 0.15) is 48.8 Å². The number of benzene rings is 2. The van der Waals surface area contributed by atoms with Crippen molar-refractivity contribution >= 4 is 23.4 Å². The van der Waals surface area contributed by atoms with Gasteiger partial charge < -0.3 is 25.0 Å². The summed E-state index contributed by atoms with van der Waals surface area (Å²) in [6, 6.07) is 12.5. The van der Waals surface area contributed by atoms with Crippen molar-refractivity contribution in [1.29, 1.82) is 0 Å². The summed E-state index contributed by atoms with van der Waals surface area (Å²) >= 11 is 0. The third kappa shape index (κ3) is 4.48. The highest BCUT2D eigenvalue weighted by atomic mass is 16.5. The minimum atomic E-state index is -1.19. The lowest BCUT2D eigenvalue weighted by Crippen LogP contribution is -2.56. The van der Waals surface area contributed by atoms with Gasteiger partial charge in [0.2, 0.25) is 17.7 Å². The second kappa shape index (κ2) is 10.4. The molecule has 3 fully saturated rings. The molecule has 8 nitrogen and oxygen atoms in total. The standard InChI is InChI=1S/C32H37N3O5/c1-19-12-13-23(16-20(19)2)34-29(36)26-25-14-15-32(40-25)27(26)31(38)35(18-21-8-7-11-24(17-21)39-3)28(32)30(37)33-22-9-5-4-6-10-22/h7-8,11-17,22,25-28H,4-6,9-10,18H2,1-3H3,(H,33,37)(H,34,36)/t25-,26+,27-,28+,32+/m1/s1. The molecule has 40 heavy (non-hydrogen) atoms. The second-order valence-corrected chi connectivity index (χ2v) is 11.7. The summed E-state index contributed by atoms with van der Waals surface area (Å²) in [7, 11) is 1.60. The zero-order valence-corrected chi connectivity index (χ0v) is 23.3. The molecule has 2 saturated heterocycles. The molecule has 4 aliphatic rings. The van der Waals surface area contributed by atoms with E-state index in [4.69, 9.17) is 9.47 Å². The average Bonchev–Trinajstić information content (AvgIpc) is 3.59. The topological polar surface area (TPSA) is 97.0 Å². The van der Waals surface area contributed by atoms with E-state index in [-0.39, 0.29) is 30.3 Å². The van der Waals surface area contributed by atoms with E-state index >= 15 is 0 Å². The van der Waals surface area contributed by atoms with Crippen molar-refractivity contribution in [3.05, 3.63) is 71.3 Å². The van der Waals surface area contributed by atoms with E-state index in [0.29, 0.717) is 11.4 Å². The maximum Gasteiger partial charge on any atom is 0.246 e. The predicted molar refractivity (Wildman–Crippen MR) is 151 cm³/mol. The Hall–Kier alpha value is -3.65. The fourth-order valence-corrected chi connectivity index (χ4v) is 6.98. The smallest absolute Gasteiger partial charge is 0.246 e. The molecule has 3 aliphatic heterocycles. The van der Waals surface area contributed by atoms with Gasteiger partial charge in [-0.3, -0.25) is 14.4 Å². The molecule has 1 saturated carbocycles. The highest BCUT2D eigenvalue weighted by Gasteiger charge is 2.72. The minimum absolute atomic E-state index is 0.0805. The summed E-state index contributed by atoms with van der Waals surface area (Å²) in [4.78, 5) is 43.6. The first-order chi connectivity index (χ1) is 19.3. The molecule has 0 radical (unpaired) electrons. The fourth-order valence-electron chi connectivity index (χ4n) is 6.98. The quantitative estimate of drug-likeness (QED) is 0.514. The van der Waals surface area contributed by atoms with Crippen molar-refractivity contribution in [2.24, 2.45) is 11.8 Å². The fraction of sp³-hybridized carbons (Fsp3) is 0.469. The third-order valence-electron chi connectivity index (χ3n) is 9.14. The molecule has 8 heteroatoms. The van der Waals surface area contributed by atoms with Gasteiger partial charge in [0.15, 0.2) is 0 Å². The van der Waals surface area contributed by atoms with Gasteiger partial charge in [0.25, 0.3) is 0 Å². The van der Waals surface area contributed by atoms with Crippen LogP contribution in [-0.2, 0) is 25.7 Å². The van der Waals surface area contributed by atoms with E-state index < -0.39 is 29.6 Å². The number of rotatable bonds is 7. The van der Waals surface area contributed by atoms with Crippen molar-refractivity contribution < 1.29 is 23.9 Å². The number of amides is 3. The average molecular weight is 544 g/mol. The van der Waals surface area contributed by atoms with Crippen LogP contribution >= 0.6 is 0 Å². The van der Waals surface area contributed by atoms with Gasteiger partial charge in [0.1, 0.15) is 17.4 Å². The van der Waals surface area contributed by atoms with Crippen LogP contribution in [-0.4, -0.2) is 53.5 Å². The number of fused-ring (bicyclic) bond motifs is 1. The lowest BCUT2D eigenvalue weighted by atomic mass is 9.74. The molecule has 5 atom stereocenters. The van der Waals surface area contributed by atoms with E-state index in [1.54, 1.807) is 12.0 Å². The lowest BCUT2D eigenvalue weighted by molar-refractivity contribution is -0.142. The molecule has 3 heterocycles. The maximum absolute atomic E-state index is 14.2. The monoisotopic (exact) mass is 543 g/mol. The highest BCUT2D eigenvalue weighted by molar-refractivity contribution is 6.02. The van der Waals surface area contributed by atoms with Crippen LogP contribution in [0.3, 0.4) is 0 Å². The Balaban J connectivity index is 1.32. The number of likely N-dealkylation sites (tertiary alicyclic amines) is 1. The Labute approximate surface area is 235 Å².